The zero-order valence-corrected chi connectivity index (χ0v) is 30.5. The fraction of sp³-hybridized carbons (Fsp3) is 0.0612. The average Bonchev–Trinajstić information content (AvgIpc) is 3.73. The van der Waals surface area contributed by atoms with Gasteiger partial charge in [-0.2, -0.15) is 5.26 Å². The summed E-state index contributed by atoms with van der Waals surface area (Å²) in [7, 11) is 0. The van der Waals surface area contributed by atoms with Gasteiger partial charge in [0.05, 0.1) is 11.6 Å². The lowest BCUT2D eigenvalue weighted by Crippen LogP contribution is -2.14. The number of nitriles is 1. The van der Waals surface area contributed by atoms with Gasteiger partial charge < -0.3 is 0 Å². The van der Waals surface area contributed by atoms with E-state index >= 15 is 0 Å². The van der Waals surface area contributed by atoms with Gasteiger partial charge in [0.1, 0.15) is 0 Å². The molecule has 0 N–H and O–H groups in total. The van der Waals surface area contributed by atoms with E-state index in [1.54, 1.807) is 0 Å². The molecule has 1 aliphatic rings. The summed E-state index contributed by atoms with van der Waals surface area (Å²) in [5, 5.41) is 11.8. The number of aromatic nitrogens is 3. The lowest BCUT2D eigenvalue weighted by Gasteiger charge is -2.21. The third-order valence-electron chi connectivity index (χ3n) is 10.8. The molecule has 1 aliphatic carbocycles. The predicted molar refractivity (Wildman–Crippen MR) is 222 cm³/mol. The summed E-state index contributed by atoms with van der Waals surface area (Å²) in [6, 6.07) is 57.2. The van der Waals surface area contributed by atoms with Gasteiger partial charge in [-0.15, -0.1) is 11.3 Å². The van der Waals surface area contributed by atoms with Gasteiger partial charge >= 0.3 is 0 Å². The summed E-state index contributed by atoms with van der Waals surface area (Å²) in [6.07, 6.45) is 0. The monoisotopic (exact) mass is 708 g/mol. The van der Waals surface area contributed by atoms with Crippen molar-refractivity contribution in [1.29, 1.82) is 5.26 Å². The quantitative estimate of drug-likeness (QED) is 0.179. The first kappa shape index (κ1) is 32.0. The van der Waals surface area contributed by atoms with Gasteiger partial charge in [0.15, 0.2) is 17.5 Å². The van der Waals surface area contributed by atoms with Gasteiger partial charge in [-0.05, 0) is 62.7 Å². The standard InChI is InChI=1S/C49H32N4S/c1-49(2)41-14-5-3-10-39(41)44-40(13-8-15-42(44)49)48-52-46(34-25-21-32(22-26-34)31-19-17-30(29-50)18-20-31)51-47(53-48)35-27-23-33(24-28-35)36-11-7-12-38-37-9-4-6-16-43(37)54-45(36)38/h3-28H,1-2H3. The number of hydrogen-bond acceptors (Lipinski definition) is 5. The Bertz CT molecular complexity index is 2950. The van der Waals surface area contributed by atoms with Crippen molar-refractivity contribution in [3.8, 4) is 73.6 Å². The van der Waals surface area contributed by atoms with Crippen LogP contribution in [0.25, 0.3) is 87.7 Å². The van der Waals surface area contributed by atoms with Crippen molar-refractivity contribution < 1.29 is 0 Å². The van der Waals surface area contributed by atoms with Gasteiger partial charge in [0.2, 0.25) is 0 Å². The molecule has 5 heteroatoms. The van der Waals surface area contributed by atoms with Crippen molar-refractivity contribution in [2.24, 2.45) is 0 Å². The number of nitrogens with zero attached hydrogens (tertiary/aromatic N) is 4. The zero-order chi connectivity index (χ0) is 36.4. The Morgan fingerprint density at radius 3 is 1.70 bits per heavy atom. The van der Waals surface area contributed by atoms with Crippen molar-refractivity contribution in [2.45, 2.75) is 19.3 Å². The van der Waals surface area contributed by atoms with E-state index in [2.05, 4.69) is 153 Å². The molecule has 2 heterocycles. The number of hydrogen-bond donors (Lipinski definition) is 0. The third-order valence-corrected chi connectivity index (χ3v) is 12.1. The van der Waals surface area contributed by atoms with Crippen LogP contribution in [0, 0.1) is 11.3 Å². The lowest BCUT2D eigenvalue weighted by molar-refractivity contribution is 0.660. The Morgan fingerprint density at radius 2 is 0.981 bits per heavy atom. The van der Waals surface area contributed by atoms with Gasteiger partial charge in [-0.3, -0.25) is 0 Å². The number of rotatable bonds is 5. The van der Waals surface area contributed by atoms with Gasteiger partial charge in [0, 0.05) is 42.3 Å². The lowest BCUT2D eigenvalue weighted by atomic mass is 9.82. The zero-order valence-electron chi connectivity index (χ0n) is 29.7. The van der Waals surface area contributed by atoms with Gasteiger partial charge in [-0.1, -0.05) is 153 Å². The molecule has 0 unspecified atom stereocenters. The minimum absolute atomic E-state index is 0.144. The maximum absolute atomic E-state index is 9.26. The topological polar surface area (TPSA) is 62.5 Å². The van der Waals surface area contributed by atoms with Crippen LogP contribution >= 0.6 is 11.3 Å². The SMILES string of the molecule is CC1(C)c2ccccc2-c2c(-c3nc(-c4ccc(-c5ccc(C#N)cc5)cc4)nc(-c4ccc(-c5cccc6c5sc5ccccc56)cc4)n3)cccc21. The van der Waals surface area contributed by atoms with E-state index in [9.17, 15) is 5.26 Å². The molecular weight excluding hydrogens is 677 g/mol. The molecule has 0 radical (unpaired) electrons. The first-order chi connectivity index (χ1) is 26.5. The molecule has 0 spiro atoms. The molecule has 0 amide bonds. The van der Waals surface area contributed by atoms with Gasteiger partial charge in [0.25, 0.3) is 0 Å². The predicted octanol–water partition coefficient (Wildman–Crippen LogP) is 12.8. The summed E-state index contributed by atoms with van der Waals surface area (Å²) in [5.74, 6) is 1.89. The normalized spacial score (nSPS) is 12.8. The summed E-state index contributed by atoms with van der Waals surface area (Å²) in [5.41, 5.74) is 12.8. The molecule has 254 valence electrons. The van der Waals surface area contributed by atoms with Crippen molar-refractivity contribution in [3.05, 3.63) is 174 Å². The van der Waals surface area contributed by atoms with E-state index in [-0.39, 0.29) is 5.41 Å². The molecule has 0 saturated heterocycles. The molecule has 10 rings (SSSR count). The largest absolute Gasteiger partial charge is 0.208 e. The van der Waals surface area contributed by atoms with Gasteiger partial charge in [-0.25, -0.2) is 15.0 Å². The van der Waals surface area contributed by atoms with E-state index in [4.69, 9.17) is 15.0 Å². The van der Waals surface area contributed by atoms with Crippen LogP contribution in [0.15, 0.2) is 158 Å². The molecule has 2 aromatic heterocycles. The summed E-state index contributed by atoms with van der Waals surface area (Å²) in [6.45, 7) is 4.59. The van der Waals surface area contributed by atoms with Crippen LogP contribution in [0.4, 0.5) is 0 Å². The molecule has 7 aromatic carbocycles. The van der Waals surface area contributed by atoms with E-state index in [0.29, 0.717) is 23.0 Å². The van der Waals surface area contributed by atoms with Crippen molar-refractivity contribution in [1.82, 2.24) is 15.0 Å². The molecule has 0 fully saturated rings. The van der Waals surface area contributed by atoms with Crippen molar-refractivity contribution >= 4 is 31.5 Å². The second-order valence-corrected chi connectivity index (χ2v) is 15.4. The maximum atomic E-state index is 9.26. The molecule has 0 bridgehead atoms. The molecule has 54 heavy (non-hydrogen) atoms. The average molecular weight is 709 g/mol. The Labute approximate surface area is 317 Å². The summed E-state index contributed by atoms with van der Waals surface area (Å²) >= 11 is 1.84. The van der Waals surface area contributed by atoms with E-state index < -0.39 is 0 Å². The van der Waals surface area contributed by atoms with Crippen LogP contribution in [-0.2, 0) is 5.41 Å². The van der Waals surface area contributed by atoms with E-state index in [1.807, 2.05) is 35.6 Å². The van der Waals surface area contributed by atoms with Crippen LogP contribution in [0.2, 0.25) is 0 Å². The Balaban J connectivity index is 1.11. The fourth-order valence-electron chi connectivity index (χ4n) is 8.02. The Morgan fingerprint density at radius 1 is 0.463 bits per heavy atom. The minimum atomic E-state index is -0.144. The van der Waals surface area contributed by atoms with Crippen LogP contribution in [-0.4, -0.2) is 15.0 Å². The number of benzene rings is 7. The number of fused-ring (bicyclic) bond motifs is 6. The molecular formula is C49H32N4S. The second kappa shape index (κ2) is 12.4. The van der Waals surface area contributed by atoms with Crippen molar-refractivity contribution in [3.63, 3.8) is 0 Å². The second-order valence-electron chi connectivity index (χ2n) is 14.3. The van der Waals surface area contributed by atoms with Crippen LogP contribution in [0.5, 0.6) is 0 Å². The first-order valence-corrected chi connectivity index (χ1v) is 18.9. The van der Waals surface area contributed by atoms with Crippen LogP contribution in [0.1, 0.15) is 30.5 Å². The van der Waals surface area contributed by atoms with E-state index in [1.165, 1.54) is 48.0 Å². The highest BCUT2D eigenvalue weighted by atomic mass is 32.1. The maximum Gasteiger partial charge on any atom is 0.164 e. The van der Waals surface area contributed by atoms with Crippen molar-refractivity contribution in [2.75, 3.05) is 0 Å². The minimum Gasteiger partial charge on any atom is -0.208 e. The highest BCUT2D eigenvalue weighted by Gasteiger charge is 2.37. The van der Waals surface area contributed by atoms with Crippen LogP contribution in [0.3, 0.4) is 0 Å². The number of thiophene rings is 1. The first-order valence-electron chi connectivity index (χ1n) is 18.1. The van der Waals surface area contributed by atoms with Crippen LogP contribution < -0.4 is 0 Å². The molecule has 4 nitrogen and oxygen atoms in total. The third kappa shape index (κ3) is 5.15. The fourth-order valence-corrected chi connectivity index (χ4v) is 9.26. The Kier molecular flexibility index (Phi) is 7.36. The molecule has 9 aromatic rings. The summed E-state index contributed by atoms with van der Waals surface area (Å²) in [4.78, 5) is 15.5. The molecule has 0 aliphatic heterocycles. The summed E-state index contributed by atoms with van der Waals surface area (Å²) < 4.78 is 2.59. The highest BCUT2D eigenvalue weighted by molar-refractivity contribution is 7.26. The molecule has 0 atom stereocenters. The van der Waals surface area contributed by atoms with E-state index in [0.717, 1.165) is 33.4 Å². The highest BCUT2D eigenvalue weighted by Crippen LogP contribution is 2.51. The Hall–Kier alpha value is -6.74. The molecule has 0 saturated carbocycles. The smallest absolute Gasteiger partial charge is 0.164 e.